The summed E-state index contributed by atoms with van der Waals surface area (Å²) in [5, 5.41) is 2.95. The van der Waals surface area contributed by atoms with Crippen LogP contribution >= 0.6 is 0 Å². The fraction of sp³-hybridized carbons (Fsp3) is 0.0909. The molecule has 0 spiro atoms. The van der Waals surface area contributed by atoms with Crippen LogP contribution in [-0.4, -0.2) is 23.0 Å². The molecule has 0 radical (unpaired) electrons. The highest BCUT2D eigenvalue weighted by molar-refractivity contribution is 5.94. The van der Waals surface area contributed by atoms with Crippen molar-refractivity contribution in [3.63, 3.8) is 0 Å². The third-order valence-corrected chi connectivity index (χ3v) is 4.34. The minimum absolute atomic E-state index is 0.0961. The zero-order chi connectivity index (χ0) is 18.6. The van der Waals surface area contributed by atoms with Gasteiger partial charge < -0.3 is 15.0 Å². The summed E-state index contributed by atoms with van der Waals surface area (Å²) in [5.74, 6) is 1.26. The van der Waals surface area contributed by atoms with E-state index < -0.39 is 0 Å². The van der Waals surface area contributed by atoms with Gasteiger partial charge in [0.15, 0.2) is 0 Å². The van der Waals surface area contributed by atoms with E-state index >= 15 is 0 Å². The van der Waals surface area contributed by atoms with Crippen LogP contribution in [0, 0.1) is 0 Å². The van der Waals surface area contributed by atoms with Gasteiger partial charge in [-0.2, -0.15) is 0 Å². The molecule has 5 nitrogen and oxygen atoms in total. The Labute approximate surface area is 157 Å². The summed E-state index contributed by atoms with van der Waals surface area (Å²) in [6.45, 7) is 0. The second-order valence-corrected chi connectivity index (χ2v) is 6.23. The highest BCUT2D eigenvalue weighted by Gasteiger charge is 2.12. The van der Waals surface area contributed by atoms with Crippen LogP contribution in [0.5, 0.6) is 5.75 Å². The van der Waals surface area contributed by atoms with Gasteiger partial charge in [-0.1, -0.05) is 42.5 Å². The highest BCUT2D eigenvalue weighted by Crippen LogP contribution is 2.30. The number of carbonyl (C=O) groups is 1. The number of nitrogens with one attached hydrogen (secondary N) is 2. The molecule has 0 unspecified atom stereocenters. The van der Waals surface area contributed by atoms with E-state index in [-0.39, 0.29) is 5.91 Å². The van der Waals surface area contributed by atoms with Crippen LogP contribution in [0.1, 0.15) is 5.56 Å². The number of H-pyrrole nitrogens is 1. The van der Waals surface area contributed by atoms with Crippen molar-refractivity contribution in [3.8, 4) is 17.1 Å². The number of nitrogens with zero attached hydrogens (tertiary/aromatic N) is 1. The number of amides is 1. The van der Waals surface area contributed by atoms with Gasteiger partial charge in [0.05, 0.1) is 30.3 Å². The van der Waals surface area contributed by atoms with E-state index in [0.29, 0.717) is 17.9 Å². The maximum absolute atomic E-state index is 12.4. The maximum Gasteiger partial charge on any atom is 0.228 e. The van der Waals surface area contributed by atoms with Gasteiger partial charge in [-0.25, -0.2) is 4.98 Å². The van der Waals surface area contributed by atoms with E-state index in [0.717, 1.165) is 28.0 Å². The van der Waals surface area contributed by atoms with Crippen LogP contribution < -0.4 is 10.1 Å². The van der Waals surface area contributed by atoms with E-state index in [9.17, 15) is 4.79 Å². The SMILES string of the molecule is COc1ccc(-c2nc3ccccc3[nH]2)cc1NC(=O)Cc1ccccc1. The van der Waals surface area contributed by atoms with Crippen LogP contribution in [0.2, 0.25) is 0 Å². The summed E-state index contributed by atoms with van der Waals surface area (Å²) in [4.78, 5) is 20.4. The molecular formula is C22H19N3O2. The van der Waals surface area contributed by atoms with Crippen LogP contribution in [0.4, 0.5) is 5.69 Å². The molecule has 0 aliphatic rings. The molecular weight excluding hydrogens is 338 g/mol. The molecule has 0 saturated heterocycles. The number of benzene rings is 3. The van der Waals surface area contributed by atoms with Gasteiger partial charge in [-0.3, -0.25) is 4.79 Å². The molecule has 134 valence electrons. The van der Waals surface area contributed by atoms with Crippen molar-refractivity contribution < 1.29 is 9.53 Å². The minimum Gasteiger partial charge on any atom is -0.495 e. The number of carbonyl (C=O) groups excluding carboxylic acids is 1. The number of aromatic amines is 1. The first-order chi connectivity index (χ1) is 13.2. The fourth-order valence-corrected chi connectivity index (χ4v) is 3.02. The lowest BCUT2D eigenvalue weighted by Gasteiger charge is -2.11. The number of fused-ring (bicyclic) bond motifs is 1. The number of rotatable bonds is 5. The van der Waals surface area contributed by atoms with E-state index in [2.05, 4.69) is 15.3 Å². The predicted octanol–water partition coefficient (Wildman–Crippen LogP) is 4.42. The Morgan fingerprint density at radius 3 is 2.59 bits per heavy atom. The average Bonchev–Trinajstić information content (AvgIpc) is 3.13. The van der Waals surface area contributed by atoms with Crippen molar-refractivity contribution in [2.75, 3.05) is 12.4 Å². The molecule has 1 amide bonds. The first-order valence-corrected chi connectivity index (χ1v) is 8.70. The van der Waals surface area contributed by atoms with Gasteiger partial charge in [0.25, 0.3) is 0 Å². The van der Waals surface area contributed by atoms with Gasteiger partial charge >= 0.3 is 0 Å². The molecule has 0 fully saturated rings. The second-order valence-electron chi connectivity index (χ2n) is 6.23. The topological polar surface area (TPSA) is 67.0 Å². The molecule has 0 atom stereocenters. The lowest BCUT2D eigenvalue weighted by molar-refractivity contribution is -0.115. The van der Waals surface area contributed by atoms with Crippen LogP contribution in [0.3, 0.4) is 0 Å². The smallest absolute Gasteiger partial charge is 0.228 e. The minimum atomic E-state index is -0.0961. The molecule has 5 heteroatoms. The first kappa shape index (κ1) is 16.8. The van der Waals surface area contributed by atoms with Gasteiger partial charge in [-0.15, -0.1) is 0 Å². The summed E-state index contributed by atoms with van der Waals surface area (Å²) in [6, 6.07) is 23.1. The molecule has 27 heavy (non-hydrogen) atoms. The lowest BCUT2D eigenvalue weighted by Crippen LogP contribution is -2.15. The van der Waals surface area contributed by atoms with Gasteiger partial charge in [0.2, 0.25) is 5.91 Å². The standard InChI is InChI=1S/C22H19N3O2/c1-27-20-12-11-16(22-24-17-9-5-6-10-18(17)25-22)14-19(20)23-21(26)13-15-7-3-2-4-8-15/h2-12,14H,13H2,1H3,(H,23,26)(H,24,25). The van der Waals surface area contributed by atoms with Gasteiger partial charge in [-0.05, 0) is 35.9 Å². The number of hydrogen-bond acceptors (Lipinski definition) is 3. The molecule has 3 aromatic carbocycles. The molecule has 0 aliphatic heterocycles. The van der Waals surface area contributed by atoms with Crippen molar-refractivity contribution in [3.05, 3.63) is 78.4 Å². The Morgan fingerprint density at radius 2 is 1.81 bits per heavy atom. The molecule has 4 aromatic rings. The molecule has 0 aliphatic carbocycles. The van der Waals surface area contributed by atoms with Crippen LogP contribution in [0.15, 0.2) is 72.8 Å². The normalized spacial score (nSPS) is 10.7. The molecule has 0 bridgehead atoms. The Hall–Kier alpha value is -3.60. The van der Waals surface area contributed by atoms with E-state index in [1.165, 1.54) is 0 Å². The fourth-order valence-electron chi connectivity index (χ4n) is 3.02. The quantitative estimate of drug-likeness (QED) is 0.556. The Morgan fingerprint density at radius 1 is 1.04 bits per heavy atom. The molecule has 1 aromatic heterocycles. The van der Waals surface area contributed by atoms with Crippen molar-refractivity contribution in [2.45, 2.75) is 6.42 Å². The van der Waals surface area contributed by atoms with E-state index in [4.69, 9.17) is 4.74 Å². The van der Waals surface area contributed by atoms with E-state index in [1.54, 1.807) is 7.11 Å². The Bertz CT molecular complexity index is 1050. The zero-order valence-electron chi connectivity index (χ0n) is 14.9. The summed E-state index contributed by atoms with van der Waals surface area (Å²) < 4.78 is 5.40. The number of imidazole rings is 1. The number of para-hydroxylation sites is 2. The average molecular weight is 357 g/mol. The summed E-state index contributed by atoms with van der Waals surface area (Å²) in [5.41, 5.74) is 4.33. The third kappa shape index (κ3) is 3.67. The van der Waals surface area contributed by atoms with Crippen LogP contribution in [-0.2, 0) is 11.2 Å². The highest BCUT2D eigenvalue weighted by atomic mass is 16.5. The van der Waals surface area contributed by atoms with E-state index in [1.807, 2.05) is 72.8 Å². The van der Waals surface area contributed by atoms with Crippen molar-refractivity contribution >= 4 is 22.6 Å². The van der Waals surface area contributed by atoms with Crippen molar-refractivity contribution in [2.24, 2.45) is 0 Å². The maximum atomic E-state index is 12.4. The lowest BCUT2D eigenvalue weighted by atomic mass is 10.1. The second kappa shape index (κ2) is 7.33. The number of hydrogen-bond donors (Lipinski definition) is 2. The van der Waals surface area contributed by atoms with Crippen molar-refractivity contribution in [1.82, 2.24) is 9.97 Å². The largest absolute Gasteiger partial charge is 0.495 e. The summed E-state index contributed by atoms with van der Waals surface area (Å²) >= 11 is 0. The molecule has 2 N–H and O–H groups in total. The zero-order valence-corrected chi connectivity index (χ0v) is 14.9. The third-order valence-electron chi connectivity index (χ3n) is 4.34. The number of ether oxygens (including phenoxy) is 1. The van der Waals surface area contributed by atoms with Crippen LogP contribution in [0.25, 0.3) is 22.4 Å². The van der Waals surface area contributed by atoms with Gasteiger partial charge in [0.1, 0.15) is 11.6 Å². The first-order valence-electron chi connectivity index (χ1n) is 8.70. The summed E-state index contributed by atoms with van der Waals surface area (Å²) in [6.07, 6.45) is 0.304. The predicted molar refractivity (Wildman–Crippen MR) is 107 cm³/mol. The molecule has 0 saturated carbocycles. The van der Waals surface area contributed by atoms with Crippen molar-refractivity contribution in [1.29, 1.82) is 0 Å². The number of anilines is 1. The Balaban J connectivity index is 1.61. The van der Waals surface area contributed by atoms with Gasteiger partial charge in [0, 0.05) is 5.56 Å². The monoisotopic (exact) mass is 357 g/mol. The summed E-state index contributed by atoms with van der Waals surface area (Å²) in [7, 11) is 1.59. The molecule has 1 heterocycles. The number of methoxy groups -OCH3 is 1. The number of aromatic nitrogens is 2. The Kier molecular flexibility index (Phi) is 4.58. The molecule has 4 rings (SSSR count).